The number of carbonyl (C=O) groups is 1. The van der Waals surface area contributed by atoms with Crippen molar-refractivity contribution in [3.8, 4) is 0 Å². The molecule has 1 amide bonds. The van der Waals surface area contributed by atoms with E-state index in [2.05, 4.69) is 30.1 Å². The molecule has 1 aliphatic rings. The molecular formula is C21H27N3O2. The lowest BCUT2D eigenvalue weighted by molar-refractivity contribution is -0.0704. The fourth-order valence-electron chi connectivity index (χ4n) is 3.42. The maximum Gasteiger partial charge on any atom is 0.255 e. The molecular weight excluding hydrogens is 326 g/mol. The smallest absolute Gasteiger partial charge is 0.255 e. The summed E-state index contributed by atoms with van der Waals surface area (Å²) < 4.78 is 5.81. The topological polar surface area (TPSA) is 67.6 Å². The fraction of sp³-hybridized carbons (Fsp3) is 0.381. The first kappa shape index (κ1) is 18.6. The highest BCUT2D eigenvalue weighted by Gasteiger charge is 2.22. The standard InChI is InChI=1S/C21H27N3O2/c1-15-12-24(13-16(2)26-15)14-19-5-3-4-6-20(19)23-21(25)18-9-7-17(11-22)8-10-18/h3-10,15-16H,11-14,22H2,1-2H3,(H,23,25). The molecule has 3 rings (SSSR count). The van der Waals surface area contributed by atoms with Gasteiger partial charge in [0.05, 0.1) is 12.2 Å². The van der Waals surface area contributed by atoms with Crippen LogP contribution in [0.3, 0.4) is 0 Å². The fourth-order valence-corrected chi connectivity index (χ4v) is 3.42. The molecule has 1 aliphatic heterocycles. The second kappa shape index (κ2) is 8.45. The molecule has 1 heterocycles. The number of nitrogens with two attached hydrogens (primary N) is 1. The van der Waals surface area contributed by atoms with Crippen LogP contribution in [0.25, 0.3) is 0 Å². The van der Waals surface area contributed by atoms with E-state index in [9.17, 15) is 4.79 Å². The number of anilines is 1. The van der Waals surface area contributed by atoms with E-state index >= 15 is 0 Å². The number of amides is 1. The predicted octanol–water partition coefficient (Wildman–Crippen LogP) is 3.01. The van der Waals surface area contributed by atoms with Gasteiger partial charge in [-0.3, -0.25) is 9.69 Å². The number of morpholine rings is 1. The summed E-state index contributed by atoms with van der Waals surface area (Å²) in [5.41, 5.74) is 9.22. The van der Waals surface area contributed by atoms with E-state index in [1.54, 1.807) is 0 Å². The van der Waals surface area contributed by atoms with Crippen molar-refractivity contribution >= 4 is 11.6 Å². The van der Waals surface area contributed by atoms with Gasteiger partial charge in [0.2, 0.25) is 0 Å². The molecule has 0 bridgehead atoms. The summed E-state index contributed by atoms with van der Waals surface area (Å²) >= 11 is 0. The number of hydrogen-bond acceptors (Lipinski definition) is 4. The molecule has 2 aromatic rings. The average molecular weight is 353 g/mol. The molecule has 138 valence electrons. The normalized spacial score (nSPS) is 20.7. The van der Waals surface area contributed by atoms with Crippen LogP contribution in [0.4, 0.5) is 5.69 Å². The molecule has 3 N–H and O–H groups in total. The summed E-state index contributed by atoms with van der Waals surface area (Å²) in [6.45, 7) is 7.25. The van der Waals surface area contributed by atoms with E-state index < -0.39 is 0 Å². The number of nitrogens with one attached hydrogen (secondary N) is 1. The Balaban J connectivity index is 1.71. The highest BCUT2D eigenvalue weighted by atomic mass is 16.5. The van der Waals surface area contributed by atoms with E-state index in [4.69, 9.17) is 10.5 Å². The Morgan fingerprint density at radius 3 is 2.42 bits per heavy atom. The number of benzene rings is 2. The molecule has 2 unspecified atom stereocenters. The van der Waals surface area contributed by atoms with Gasteiger partial charge in [-0.1, -0.05) is 30.3 Å². The molecule has 5 heteroatoms. The summed E-state index contributed by atoms with van der Waals surface area (Å²) in [6, 6.07) is 15.4. The van der Waals surface area contributed by atoms with Gasteiger partial charge in [-0.2, -0.15) is 0 Å². The van der Waals surface area contributed by atoms with Crippen LogP contribution in [0.5, 0.6) is 0 Å². The van der Waals surface area contributed by atoms with Crippen molar-refractivity contribution in [2.75, 3.05) is 18.4 Å². The van der Waals surface area contributed by atoms with Gasteiger partial charge in [-0.05, 0) is 43.2 Å². The van der Waals surface area contributed by atoms with Crippen LogP contribution < -0.4 is 11.1 Å². The van der Waals surface area contributed by atoms with Gasteiger partial charge >= 0.3 is 0 Å². The lowest BCUT2D eigenvalue weighted by Gasteiger charge is -2.35. The van der Waals surface area contributed by atoms with Gasteiger partial charge in [-0.15, -0.1) is 0 Å². The van der Waals surface area contributed by atoms with Crippen LogP contribution in [0.2, 0.25) is 0 Å². The minimum atomic E-state index is -0.107. The second-order valence-electron chi connectivity index (χ2n) is 6.96. The Labute approximate surface area is 155 Å². The van der Waals surface area contributed by atoms with Crippen LogP contribution in [0.1, 0.15) is 35.3 Å². The highest BCUT2D eigenvalue weighted by molar-refractivity contribution is 6.04. The lowest BCUT2D eigenvalue weighted by atomic mass is 10.1. The van der Waals surface area contributed by atoms with Crippen LogP contribution in [0.15, 0.2) is 48.5 Å². The van der Waals surface area contributed by atoms with Gasteiger partial charge in [-0.25, -0.2) is 0 Å². The van der Waals surface area contributed by atoms with Crippen molar-refractivity contribution < 1.29 is 9.53 Å². The molecule has 2 atom stereocenters. The van der Waals surface area contributed by atoms with Gasteiger partial charge in [0.15, 0.2) is 0 Å². The summed E-state index contributed by atoms with van der Waals surface area (Å²) in [5.74, 6) is -0.107. The first-order chi connectivity index (χ1) is 12.5. The minimum absolute atomic E-state index is 0.107. The Morgan fingerprint density at radius 1 is 1.12 bits per heavy atom. The zero-order valence-electron chi connectivity index (χ0n) is 15.4. The van der Waals surface area contributed by atoms with E-state index in [-0.39, 0.29) is 18.1 Å². The average Bonchev–Trinajstić information content (AvgIpc) is 2.62. The third kappa shape index (κ3) is 4.69. The van der Waals surface area contributed by atoms with Crippen molar-refractivity contribution in [1.82, 2.24) is 4.90 Å². The number of nitrogens with zero attached hydrogens (tertiary/aromatic N) is 1. The predicted molar refractivity (Wildman–Crippen MR) is 104 cm³/mol. The van der Waals surface area contributed by atoms with Gasteiger partial charge < -0.3 is 15.8 Å². The number of carbonyl (C=O) groups excluding carboxylic acids is 1. The largest absolute Gasteiger partial charge is 0.373 e. The Morgan fingerprint density at radius 2 is 1.77 bits per heavy atom. The summed E-state index contributed by atoms with van der Waals surface area (Å²) in [6.07, 6.45) is 0.447. The second-order valence-corrected chi connectivity index (χ2v) is 6.96. The number of hydrogen-bond donors (Lipinski definition) is 2. The maximum absolute atomic E-state index is 12.6. The van der Waals surface area contributed by atoms with Crippen molar-refractivity contribution in [1.29, 1.82) is 0 Å². The molecule has 0 aliphatic carbocycles. The third-order valence-corrected chi connectivity index (χ3v) is 4.61. The van der Waals surface area contributed by atoms with E-state index in [1.165, 1.54) is 0 Å². The maximum atomic E-state index is 12.6. The van der Waals surface area contributed by atoms with Crippen LogP contribution in [-0.2, 0) is 17.8 Å². The molecule has 0 aromatic heterocycles. The van der Waals surface area contributed by atoms with E-state index in [0.717, 1.165) is 36.4 Å². The summed E-state index contributed by atoms with van der Waals surface area (Å²) in [7, 11) is 0. The molecule has 26 heavy (non-hydrogen) atoms. The third-order valence-electron chi connectivity index (χ3n) is 4.61. The number of para-hydroxylation sites is 1. The molecule has 1 fully saturated rings. The van der Waals surface area contributed by atoms with Gasteiger partial charge in [0.25, 0.3) is 5.91 Å². The van der Waals surface area contributed by atoms with Crippen molar-refractivity contribution in [3.05, 3.63) is 65.2 Å². The quantitative estimate of drug-likeness (QED) is 0.867. The Bertz CT molecular complexity index is 735. The van der Waals surface area contributed by atoms with E-state index in [1.807, 2.05) is 42.5 Å². The number of ether oxygens (including phenoxy) is 1. The molecule has 5 nitrogen and oxygen atoms in total. The van der Waals surface area contributed by atoms with Crippen molar-refractivity contribution in [3.63, 3.8) is 0 Å². The lowest BCUT2D eigenvalue weighted by Crippen LogP contribution is -2.44. The first-order valence-electron chi connectivity index (χ1n) is 9.11. The van der Waals surface area contributed by atoms with Gasteiger partial charge in [0.1, 0.15) is 0 Å². The first-order valence-corrected chi connectivity index (χ1v) is 9.11. The van der Waals surface area contributed by atoms with Crippen molar-refractivity contribution in [2.45, 2.75) is 39.1 Å². The minimum Gasteiger partial charge on any atom is -0.373 e. The molecule has 2 aromatic carbocycles. The Hall–Kier alpha value is -2.21. The zero-order chi connectivity index (χ0) is 18.5. The van der Waals surface area contributed by atoms with Crippen LogP contribution in [-0.4, -0.2) is 36.1 Å². The molecule has 0 radical (unpaired) electrons. The van der Waals surface area contributed by atoms with Crippen molar-refractivity contribution in [2.24, 2.45) is 5.73 Å². The molecule has 1 saturated heterocycles. The monoisotopic (exact) mass is 353 g/mol. The van der Waals surface area contributed by atoms with Crippen LogP contribution >= 0.6 is 0 Å². The summed E-state index contributed by atoms with van der Waals surface area (Å²) in [5, 5.41) is 3.05. The zero-order valence-corrected chi connectivity index (χ0v) is 15.4. The van der Waals surface area contributed by atoms with Gasteiger partial charge in [0, 0.05) is 37.4 Å². The van der Waals surface area contributed by atoms with E-state index in [0.29, 0.717) is 12.1 Å². The summed E-state index contributed by atoms with van der Waals surface area (Å²) in [4.78, 5) is 15.0. The highest BCUT2D eigenvalue weighted by Crippen LogP contribution is 2.21. The molecule has 0 spiro atoms. The Kier molecular flexibility index (Phi) is 6.04. The van der Waals surface area contributed by atoms with Crippen LogP contribution in [0, 0.1) is 0 Å². The number of rotatable bonds is 5. The SMILES string of the molecule is CC1CN(Cc2ccccc2NC(=O)c2ccc(CN)cc2)CC(C)O1. The molecule has 0 saturated carbocycles.